The van der Waals surface area contributed by atoms with Crippen LogP contribution in [0.5, 0.6) is 0 Å². The van der Waals surface area contributed by atoms with Gasteiger partial charge in [-0.05, 0) is 36.8 Å². The van der Waals surface area contributed by atoms with Crippen LogP contribution in [0.25, 0.3) is 21.8 Å². The van der Waals surface area contributed by atoms with Crippen molar-refractivity contribution in [1.82, 2.24) is 0 Å². The lowest BCUT2D eigenvalue weighted by Gasteiger charge is -2.12. The summed E-state index contributed by atoms with van der Waals surface area (Å²) in [5.41, 5.74) is 11.6. The molecule has 2 aromatic carbocycles. The molecule has 0 unspecified atom stereocenters. The second kappa shape index (κ2) is 4.37. The number of nitrogen functional groups attached to an aromatic ring is 1. The SMILES string of the molecule is Cc1cc2cc3ccc(N(C)C)cc3[n+](C)c2cc1N. The number of pyridine rings is 1. The highest BCUT2D eigenvalue weighted by molar-refractivity contribution is 5.91. The maximum atomic E-state index is 6.06. The van der Waals surface area contributed by atoms with Crippen LogP contribution in [0.2, 0.25) is 0 Å². The summed E-state index contributed by atoms with van der Waals surface area (Å²) < 4.78 is 2.22. The Hall–Kier alpha value is -2.29. The Morgan fingerprint density at radius 3 is 2.35 bits per heavy atom. The average Bonchev–Trinajstić information content (AvgIpc) is 2.41. The summed E-state index contributed by atoms with van der Waals surface area (Å²) in [6, 6.07) is 13.0. The Balaban J connectivity index is 2.41. The third-order valence-electron chi connectivity index (χ3n) is 3.98. The van der Waals surface area contributed by atoms with Crippen LogP contribution in [-0.4, -0.2) is 14.1 Å². The standard InChI is InChI=1S/C17H19N3/c1-11-7-13-8-12-5-6-14(19(2)3)9-16(12)20(4)17(13)10-15(11)18/h5-10,18H,1-4H3/p+1. The molecule has 0 saturated carbocycles. The number of aryl methyl sites for hydroxylation is 2. The molecule has 1 heterocycles. The Morgan fingerprint density at radius 2 is 1.65 bits per heavy atom. The summed E-state index contributed by atoms with van der Waals surface area (Å²) in [5, 5.41) is 2.47. The van der Waals surface area contributed by atoms with Gasteiger partial charge in [-0.2, -0.15) is 4.57 Å². The molecule has 102 valence electrons. The summed E-state index contributed by atoms with van der Waals surface area (Å²) in [6.45, 7) is 2.05. The number of hydrogen-bond donors (Lipinski definition) is 1. The fourth-order valence-electron chi connectivity index (χ4n) is 2.66. The second-order valence-corrected chi connectivity index (χ2v) is 5.61. The van der Waals surface area contributed by atoms with E-state index in [1.54, 1.807) is 0 Å². The van der Waals surface area contributed by atoms with Crippen LogP contribution in [-0.2, 0) is 7.05 Å². The summed E-state index contributed by atoms with van der Waals surface area (Å²) in [5.74, 6) is 0. The molecule has 3 heteroatoms. The van der Waals surface area contributed by atoms with Crippen LogP contribution in [0.15, 0.2) is 36.4 Å². The molecule has 3 aromatic rings. The Bertz CT molecular complexity index is 819. The normalized spacial score (nSPS) is 11.2. The minimum atomic E-state index is 0.844. The molecule has 0 atom stereocenters. The van der Waals surface area contributed by atoms with E-state index in [0.717, 1.165) is 16.8 Å². The molecule has 0 radical (unpaired) electrons. The van der Waals surface area contributed by atoms with Crippen molar-refractivity contribution < 1.29 is 4.57 Å². The summed E-state index contributed by atoms with van der Waals surface area (Å²) in [4.78, 5) is 2.12. The number of nitrogens with two attached hydrogens (primary N) is 1. The van der Waals surface area contributed by atoms with E-state index >= 15 is 0 Å². The summed E-state index contributed by atoms with van der Waals surface area (Å²) >= 11 is 0. The van der Waals surface area contributed by atoms with Crippen molar-refractivity contribution in [3.8, 4) is 0 Å². The maximum Gasteiger partial charge on any atom is 0.214 e. The molecule has 0 fully saturated rings. The van der Waals surface area contributed by atoms with Crippen molar-refractivity contribution in [2.75, 3.05) is 24.7 Å². The summed E-state index contributed by atoms with van der Waals surface area (Å²) in [7, 11) is 6.21. The van der Waals surface area contributed by atoms with Gasteiger partial charge in [0, 0.05) is 48.4 Å². The quantitative estimate of drug-likeness (QED) is 0.417. The molecule has 0 bridgehead atoms. The summed E-state index contributed by atoms with van der Waals surface area (Å²) in [6.07, 6.45) is 0. The molecule has 0 amide bonds. The van der Waals surface area contributed by atoms with Crippen LogP contribution in [0.1, 0.15) is 5.56 Å². The Kier molecular flexibility index (Phi) is 2.78. The molecule has 0 aliphatic heterocycles. The van der Waals surface area contributed by atoms with E-state index in [1.165, 1.54) is 22.0 Å². The first-order valence-corrected chi connectivity index (χ1v) is 6.77. The Morgan fingerprint density at radius 1 is 0.950 bits per heavy atom. The van der Waals surface area contributed by atoms with Gasteiger partial charge in [0.2, 0.25) is 11.0 Å². The first-order chi connectivity index (χ1) is 9.47. The lowest BCUT2D eigenvalue weighted by Crippen LogP contribution is -2.30. The lowest BCUT2D eigenvalue weighted by molar-refractivity contribution is -0.617. The van der Waals surface area contributed by atoms with Crippen molar-refractivity contribution in [2.24, 2.45) is 7.05 Å². The van der Waals surface area contributed by atoms with E-state index in [4.69, 9.17) is 5.73 Å². The molecular weight excluding hydrogens is 246 g/mol. The van der Waals surface area contributed by atoms with Crippen LogP contribution in [0.4, 0.5) is 11.4 Å². The zero-order chi connectivity index (χ0) is 14.4. The third-order valence-corrected chi connectivity index (χ3v) is 3.98. The van der Waals surface area contributed by atoms with E-state index < -0.39 is 0 Å². The fraction of sp³-hybridized carbons (Fsp3) is 0.235. The predicted octanol–water partition coefficient (Wildman–Crippen LogP) is 2.77. The van der Waals surface area contributed by atoms with Crippen LogP contribution >= 0.6 is 0 Å². The fourth-order valence-corrected chi connectivity index (χ4v) is 2.66. The van der Waals surface area contributed by atoms with E-state index in [9.17, 15) is 0 Å². The average molecular weight is 266 g/mol. The van der Waals surface area contributed by atoms with E-state index in [1.807, 2.05) is 6.92 Å². The maximum absolute atomic E-state index is 6.06. The first-order valence-electron chi connectivity index (χ1n) is 6.77. The van der Waals surface area contributed by atoms with Crippen LogP contribution in [0.3, 0.4) is 0 Å². The van der Waals surface area contributed by atoms with Crippen LogP contribution in [0, 0.1) is 6.92 Å². The molecule has 2 N–H and O–H groups in total. The molecule has 0 spiro atoms. The van der Waals surface area contributed by atoms with Gasteiger partial charge in [-0.3, -0.25) is 0 Å². The number of aromatic nitrogens is 1. The minimum absolute atomic E-state index is 0.844. The number of fused-ring (bicyclic) bond motifs is 2. The van der Waals surface area contributed by atoms with Crippen molar-refractivity contribution >= 4 is 33.2 Å². The highest BCUT2D eigenvalue weighted by Crippen LogP contribution is 2.25. The highest BCUT2D eigenvalue weighted by Gasteiger charge is 2.14. The van der Waals surface area contributed by atoms with Gasteiger partial charge in [-0.1, -0.05) is 0 Å². The van der Waals surface area contributed by atoms with Crippen LogP contribution < -0.4 is 15.2 Å². The van der Waals surface area contributed by atoms with E-state index in [2.05, 4.69) is 67.0 Å². The van der Waals surface area contributed by atoms with Crippen molar-refractivity contribution in [2.45, 2.75) is 6.92 Å². The number of anilines is 2. The van der Waals surface area contributed by atoms with Gasteiger partial charge in [0.25, 0.3) is 0 Å². The van der Waals surface area contributed by atoms with Gasteiger partial charge in [0.05, 0.1) is 0 Å². The number of rotatable bonds is 1. The zero-order valence-electron chi connectivity index (χ0n) is 12.4. The number of hydrogen-bond acceptors (Lipinski definition) is 2. The smallest absolute Gasteiger partial charge is 0.214 e. The number of benzene rings is 2. The van der Waals surface area contributed by atoms with Gasteiger partial charge < -0.3 is 10.6 Å². The molecule has 3 rings (SSSR count). The molecular formula is C17H20N3+. The topological polar surface area (TPSA) is 33.1 Å². The predicted molar refractivity (Wildman–Crippen MR) is 86.1 cm³/mol. The van der Waals surface area contributed by atoms with E-state index in [0.29, 0.717) is 0 Å². The second-order valence-electron chi connectivity index (χ2n) is 5.61. The van der Waals surface area contributed by atoms with Gasteiger partial charge in [-0.15, -0.1) is 0 Å². The molecule has 20 heavy (non-hydrogen) atoms. The van der Waals surface area contributed by atoms with Crippen molar-refractivity contribution in [1.29, 1.82) is 0 Å². The molecule has 0 saturated heterocycles. The van der Waals surface area contributed by atoms with Gasteiger partial charge in [0.1, 0.15) is 7.05 Å². The first kappa shape index (κ1) is 12.7. The number of nitrogens with zero attached hydrogens (tertiary/aromatic N) is 2. The van der Waals surface area contributed by atoms with Gasteiger partial charge >= 0.3 is 0 Å². The highest BCUT2D eigenvalue weighted by atomic mass is 15.1. The lowest BCUT2D eigenvalue weighted by atomic mass is 10.1. The molecule has 3 nitrogen and oxygen atoms in total. The van der Waals surface area contributed by atoms with Gasteiger partial charge in [0.15, 0.2) is 0 Å². The molecule has 1 aromatic heterocycles. The van der Waals surface area contributed by atoms with Gasteiger partial charge in [-0.25, -0.2) is 0 Å². The zero-order valence-corrected chi connectivity index (χ0v) is 12.4. The monoisotopic (exact) mass is 266 g/mol. The molecule has 0 aliphatic rings. The third kappa shape index (κ3) is 1.86. The van der Waals surface area contributed by atoms with Crippen molar-refractivity contribution in [3.05, 3.63) is 42.0 Å². The van der Waals surface area contributed by atoms with E-state index in [-0.39, 0.29) is 0 Å². The largest absolute Gasteiger partial charge is 0.398 e. The minimum Gasteiger partial charge on any atom is -0.398 e. The molecule has 0 aliphatic carbocycles. The Labute approximate surface area is 119 Å². The van der Waals surface area contributed by atoms with Crippen molar-refractivity contribution in [3.63, 3.8) is 0 Å².